The van der Waals surface area contributed by atoms with Gasteiger partial charge in [-0.3, -0.25) is 4.98 Å². The zero-order valence-electron chi connectivity index (χ0n) is 8.29. The molecule has 0 bridgehead atoms. The van der Waals surface area contributed by atoms with Crippen LogP contribution in [0.15, 0.2) is 28.9 Å². The number of aliphatic hydroxyl groups excluding tert-OH is 1. The lowest BCUT2D eigenvalue weighted by atomic mass is 10.3. The van der Waals surface area contributed by atoms with Gasteiger partial charge in [0.1, 0.15) is 11.8 Å². The molecular formula is C10H11N3O2. The summed E-state index contributed by atoms with van der Waals surface area (Å²) < 4.78 is 4.99. The largest absolute Gasteiger partial charge is 0.385 e. The van der Waals surface area contributed by atoms with Crippen molar-refractivity contribution in [2.75, 3.05) is 0 Å². The Kier molecular flexibility index (Phi) is 2.73. The Bertz CT molecular complexity index is 427. The van der Waals surface area contributed by atoms with Gasteiger partial charge in [-0.1, -0.05) is 18.1 Å². The maximum Gasteiger partial charge on any atom is 0.276 e. The van der Waals surface area contributed by atoms with Gasteiger partial charge in [0.25, 0.3) is 5.89 Å². The van der Waals surface area contributed by atoms with E-state index in [9.17, 15) is 5.11 Å². The lowest BCUT2D eigenvalue weighted by Gasteiger charge is -1.97. The first-order valence-corrected chi connectivity index (χ1v) is 4.74. The highest BCUT2D eigenvalue weighted by Gasteiger charge is 2.14. The number of nitrogens with zero attached hydrogens (tertiary/aromatic N) is 3. The van der Waals surface area contributed by atoms with Crippen LogP contribution in [0.1, 0.15) is 25.3 Å². The molecule has 2 rings (SSSR count). The van der Waals surface area contributed by atoms with Crippen LogP contribution in [-0.4, -0.2) is 20.2 Å². The maximum atomic E-state index is 9.48. The summed E-state index contributed by atoms with van der Waals surface area (Å²) in [5, 5.41) is 13.2. The van der Waals surface area contributed by atoms with Crippen LogP contribution in [0.25, 0.3) is 11.6 Å². The van der Waals surface area contributed by atoms with Gasteiger partial charge >= 0.3 is 0 Å². The van der Waals surface area contributed by atoms with E-state index in [1.165, 1.54) is 0 Å². The summed E-state index contributed by atoms with van der Waals surface area (Å²) in [6.07, 6.45) is 1.53. The highest BCUT2D eigenvalue weighted by Crippen LogP contribution is 2.18. The van der Waals surface area contributed by atoms with Crippen LogP contribution in [0.2, 0.25) is 0 Å². The summed E-state index contributed by atoms with van der Waals surface area (Å²) >= 11 is 0. The second kappa shape index (κ2) is 4.18. The van der Waals surface area contributed by atoms with Crippen LogP contribution in [0.5, 0.6) is 0 Å². The molecule has 1 unspecified atom stereocenters. The van der Waals surface area contributed by atoms with Crippen molar-refractivity contribution in [3.63, 3.8) is 0 Å². The molecule has 0 aliphatic heterocycles. The number of pyridine rings is 1. The predicted molar refractivity (Wildman–Crippen MR) is 52.8 cm³/mol. The quantitative estimate of drug-likeness (QED) is 0.823. The summed E-state index contributed by atoms with van der Waals surface area (Å²) in [5.74, 6) is 0.635. The van der Waals surface area contributed by atoms with E-state index in [0.29, 0.717) is 23.8 Å². The molecular weight excluding hydrogens is 194 g/mol. The summed E-state index contributed by atoms with van der Waals surface area (Å²) in [5.41, 5.74) is 0.611. The van der Waals surface area contributed by atoms with E-state index in [4.69, 9.17) is 4.52 Å². The molecule has 0 amide bonds. The molecule has 0 saturated carbocycles. The Morgan fingerprint density at radius 2 is 2.33 bits per heavy atom. The molecule has 5 nitrogen and oxygen atoms in total. The van der Waals surface area contributed by atoms with Gasteiger partial charge in [0.2, 0.25) is 5.82 Å². The van der Waals surface area contributed by atoms with Gasteiger partial charge in [-0.25, -0.2) is 0 Å². The van der Waals surface area contributed by atoms with Crippen molar-refractivity contribution in [1.82, 2.24) is 15.1 Å². The molecule has 0 fully saturated rings. The van der Waals surface area contributed by atoms with Crippen LogP contribution in [-0.2, 0) is 0 Å². The third-order valence-corrected chi connectivity index (χ3v) is 2.01. The molecule has 0 radical (unpaired) electrons. The third kappa shape index (κ3) is 2.02. The van der Waals surface area contributed by atoms with Crippen LogP contribution in [0.3, 0.4) is 0 Å². The molecule has 0 aliphatic rings. The van der Waals surface area contributed by atoms with Gasteiger partial charge < -0.3 is 9.63 Å². The van der Waals surface area contributed by atoms with E-state index in [-0.39, 0.29) is 0 Å². The van der Waals surface area contributed by atoms with Crippen molar-refractivity contribution in [3.8, 4) is 11.6 Å². The van der Waals surface area contributed by atoms with E-state index < -0.39 is 6.10 Å². The SMILES string of the molecule is CCC(O)c1noc(-c2ccccn2)n1. The first kappa shape index (κ1) is 9.79. The number of aromatic nitrogens is 3. The van der Waals surface area contributed by atoms with Crippen LogP contribution >= 0.6 is 0 Å². The monoisotopic (exact) mass is 205 g/mol. The highest BCUT2D eigenvalue weighted by atomic mass is 16.5. The molecule has 15 heavy (non-hydrogen) atoms. The Balaban J connectivity index is 2.28. The van der Waals surface area contributed by atoms with E-state index >= 15 is 0 Å². The average molecular weight is 205 g/mol. The molecule has 2 heterocycles. The zero-order chi connectivity index (χ0) is 10.7. The van der Waals surface area contributed by atoms with Crippen LogP contribution in [0.4, 0.5) is 0 Å². The number of hydrogen-bond donors (Lipinski definition) is 1. The molecule has 2 aromatic rings. The van der Waals surface area contributed by atoms with Gasteiger partial charge in [-0.15, -0.1) is 0 Å². The molecule has 0 spiro atoms. The minimum Gasteiger partial charge on any atom is -0.385 e. The topological polar surface area (TPSA) is 72.0 Å². The summed E-state index contributed by atoms with van der Waals surface area (Å²) in [6, 6.07) is 5.42. The molecule has 0 aliphatic carbocycles. The minimum atomic E-state index is -0.675. The Hall–Kier alpha value is -1.75. The smallest absolute Gasteiger partial charge is 0.276 e. The summed E-state index contributed by atoms with van der Waals surface area (Å²) in [4.78, 5) is 8.13. The third-order valence-electron chi connectivity index (χ3n) is 2.01. The molecule has 5 heteroatoms. The van der Waals surface area contributed by atoms with E-state index in [2.05, 4.69) is 15.1 Å². The highest BCUT2D eigenvalue weighted by molar-refractivity contribution is 5.45. The summed E-state index contributed by atoms with van der Waals surface area (Å²) in [6.45, 7) is 1.85. The van der Waals surface area contributed by atoms with Crippen molar-refractivity contribution in [3.05, 3.63) is 30.2 Å². The van der Waals surface area contributed by atoms with Gasteiger partial charge in [0.15, 0.2) is 0 Å². The molecule has 0 saturated heterocycles. The van der Waals surface area contributed by atoms with Gasteiger partial charge in [-0.2, -0.15) is 4.98 Å². The zero-order valence-corrected chi connectivity index (χ0v) is 8.29. The second-order valence-corrected chi connectivity index (χ2v) is 3.10. The lowest BCUT2D eigenvalue weighted by Crippen LogP contribution is -1.97. The average Bonchev–Trinajstić information content (AvgIpc) is 2.78. The molecule has 78 valence electrons. The minimum absolute atomic E-state index is 0.304. The van der Waals surface area contributed by atoms with Crippen molar-refractivity contribution >= 4 is 0 Å². The van der Waals surface area contributed by atoms with Crippen molar-refractivity contribution < 1.29 is 9.63 Å². The number of rotatable bonds is 3. The second-order valence-electron chi connectivity index (χ2n) is 3.10. The molecule has 1 atom stereocenters. The van der Waals surface area contributed by atoms with Crippen molar-refractivity contribution in [2.24, 2.45) is 0 Å². The van der Waals surface area contributed by atoms with Crippen LogP contribution in [0, 0.1) is 0 Å². The van der Waals surface area contributed by atoms with Crippen LogP contribution < -0.4 is 0 Å². The molecule has 1 N–H and O–H groups in total. The predicted octanol–water partition coefficient (Wildman–Crippen LogP) is 1.57. The fourth-order valence-corrected chi connectivity index (χ4v) is 1.15. The standard InChI is InChI=1S/C10H11N3O2/c1-2-8(14)9-12-10(15-13-9)7-5-3-4-6-11-7/h3-6,8,14H,2H2,1H3. The molecule has 2 aromatic heterocycles. The maximum absolute atomic E-state index is 9.48. The lowest BCUT2D eigenvalue weighted by molar-refractivity contribution is 0.159. The fourth-order valence-electron chi connectivity index (χ4n) is 1.15. The van der Waals surface area contributed by atoms with Crippen molar-refractivity contribution in [2.45, 2.75) is 19.4 Å². The Morgan fingerprint density at radius 1 is 1.47 bits per heavy atom. The van der Waals surface area contributed by atoms with E-state index in [1.807, 2.05) is 19.1 Å². The summed E-state index contributed by atoms with van der Waals surface area (Å²) in [7, 11) is 0. The molecule has 0 aromatic carbocycles. The van der Waals surface area contributed by atoms with Crippen molar-refractivity contribution in [1.29, 1.82) is 0 Å². The number of aliphatic hydroxyl groups is 1. The first-order valence-electron chi connectivity index (χ1n) is 4.74. The Morgan fingerprint density at radius 3 is 3.00 bits per heavy atom. The normalized spacial score (nSPS) is 12.7. The van der Waals surface area contributed by atoms with Gasteiger partial charge in [0, 0.05) is 6.20 Å². The van der Waals surface area contributed by atoms with Gasteiger partial charge in [-0.05, 0) is 18.6 Å². The van der Waals surface area contributed by atoms with E-state index in [0.717, 1.165) is 0 Å². The first-order chi connectivity index (χ1) is 7.31. The number of hydrogen-bond acceptors (Lipinski definition) is 5. The van der Waals surface area contributed by atoms with E-state index in [1.54, 1.807) is 12.3 Å². The fraction of sp³-hybridized carbons (Fsp3) is 0.300. The Labute approximate surface area is 86.8 Å². The van der Waals surface area contributed by atoms with Gasteiger partial charge in [0.05, 0.1) is 0 Å².